The summed E-state index contributed by atoms with van der Waals surface area (Å²) >= 11 is 0. The summed E-state index contributed by atoms with van der Waals surface area (Å²) in [6.07, 6.45) is 1.25. The zero-order valence-electron chi connectivity index (χ0n) is 9.61. The van der Waals surface area contributed by atoms with E-state index in [1.165, 1.54) is 22.8 Å². The van der Waals surface area contributed by atoms with Crippen molar-refractivity contribution in [1.29, 1.82) is 0 Å². The predicted octanol–water partition coefficient (Wildman–Crippen LogP) is -1.13. The Labute approximate surface area is 102 Å². The Hall–Kier alpha value is -2.45. The largest absolute Gasteiger partial charge is 0.476 e. The van der Waals surface area contributed by atoms with E-state index in [-0.39, 0.29) is 37.3 Å². The molecule has 0 aromatic carbocycles. The van der Waals surface area contributed by atoms with Crippen molar-refractivity contribution < 1.29 is 19.5 Å². The highest BCUT2D eigenvalue weighted by Gasteiger charge is 2.33. The molecular weight excluding hydrogens is 242 g/mol. The Balaban J connectivity index is 1.97. The van der Waals surface area contributed by atoms with Gasteiger partial charge in [0.15, 0.2) is 5.69 Å². The third kappa shape index (κ3) is 2.14. The summed E-state index contributed by atoms with van der Waals surface area (Å²) in [5.74, 6) is -1.45. The molecule has 9 heteroatoms. The fraction of sp³-hybridized carbons (Fsp3) is 0.444. The van der Waals surface area contributed by atoms with E-state index >= 15 is 0 Å². The summed E-state index contributed by atoms with van der Waals surface area (Å²) < 4.78 is 1.28. The zero-order chi connectivity index (χ0) is 13.3. The number of aromatic carboxylic acids is 1. The lowest BCUT2D eigenvalue weighted by molar-refractivity contribution is -0.125. The minimum absolute atomic E-state index is 0.0660. The first kappa shape index (κ1) is 12.0. The molecule has 0 aliphatic carbocycles. The number of carboxylic acids is 1. The van der Waals surface area contributed by atoms with Crippen molar-refractivity contribution in [2.24, 2.45) is 0 Å². The Bertz CT molecular complexity index is 511. The number of hydrogen-bond donors (Lipinski definition) is 1. The Morgan fingerprint density at radius 2 is 2.17 bits per heavy atom. The normalized spacial score (nSPS) is 15.6. The van der Waals surface area contributed by atoms with Gasteiger partial charge in [-0.05, 0) is 0 Å². The molecule has 18 heavy (non-hydrogen) atoms. The molecule has 2 heterocycles. The number of amides is 3. The van der Waals surface area contributed by atoms with Crippen LogP contribution in [0.5, 0.6) is 0 Å². The van der Waals surface area contributed by atoms with Crippen LogP contribution in [0.3, 0.4) is 0 Å². The van der Waals surface area contributed by atoms with Crippen molar-refractivity contribution in [3.05, 3.63) is 11.9 Å². The van der Waals surface area contributed by atoms with E-state index in [9.17, 15) is 14.4 Å². The molecule has 0 radical (unpaired) electrons. The number of nitrogens with zero attached hydrogens (tertiary/aromatic N) is 5. The van der Waals surface area contributed by atoms with Crippen LogP contribution in [0.4, 0.5) is 4.79 Å². The van der Waals surface area contributed by atoms with Gasteiger partial charge in [-0.1, -0.05) is 5.21 Å². The van der Waals surface area contributed by atoms with Gasteiger partial charge < -0.3 is 10.0 Å². The maximum absolute atomic E-state index is 11.5. The van der Waals surface area contributed by atoms with Gasteiger partial charge in [0.05, 0.1) is 19.3 Å². The molecule has 0 spiro atoms. The number of carbonyl (C=O) groups is 3. The van der Waals surface area contributed by atoms with Crippen molar-refractivity contribution >= 4 is 17.9 Å². The van der Waals surface area contributed by atoms with Crippen molar-refractivity contribution in [3.8, 4) is 0 Å². The van der Waals surface area contributed by atoms with Crippen LogP contribution in [0.15, 0.2) is 6.20 Å². The van der Waals surface area contributed by atoms with Gasteiger partial charge in [-0.25, -0.2) is 14.3 Å². The summed E-state index contributed by atoms with van der Waals surface area (Å²) in [5, 5.41) is 15.7. The molecule has 1 aliphatic rings. The van der Waals surface area contributed by atoms with Gasteiger partial charge in [-0.15, -0.1) is 5.10 Å². The average molecular weight is 253 g/mol. The molecule has 0 saturated carbocycles. The van der Waals surface area contributed by atoms with Crippen LogP contribution in [0, 0.1) is 0 Å². The fourth-order valence-corrected chi connectivity index (χ4v) is 1.60. The first-order chi connectivity index (χ1) is 8.49. The molecule has 2 rings (SSSR count). The number of rotatable bonds is 4. The van der Waals surface area contributed by atoms with Crippen LogP contribution in [-0.4, -0.2) is 67.9 Å². The second-order valence-corrected chi connectivity index (χ2v) is 3.86. The number of carboxylic acid groups (broad SMARTS) is 1. The molecular formula is C9H11N5O4. The number of urea groups is 1. The minimum atomic E-state index is -1.17. The van der Waals surface area contributed by atoms with Crippen LogP contribution < -0.4 is 0 Å². The lowest BCUT2D eigenvalue weighted by atomic mass is 10.5. The van der Waals surface area contributed by atoms with Crippen LogP contribution in [0.25, 0.3) is 0 Å². The first-order valence-corrected chi connectivity index (χ1v) is 5.18. The van der Waals surface area contributed by atoms with Gasteiger partial charge in [0, 0.05) is 7.05 Å². The number of aromatic nitrogens is 3. The molecule has 96 valence electrons. The van der Waals surface area contributed by atoms with Gasteiger partial charge in [-0.2, -0.15) is 0 Å². The molecule has 1 aliphatic heterocycles. The number of likely N-dealkylation sites (N-methyl/N-ethyl adjacent to an activating group) is 1. The lowest BCUT2D eigenvalue weighted by Gasteiger charge is -2.13. The molecule has 0 unspecified atom stereocenters. The molecule has 9 nitrogen and oxygen atoms in total. The first-order valence-electron chi connectivity index (χ1n) is 5.18. The molecule has 3 amide bonds. The second-order valence-electron chi connectivity index (χ2n) is 3.86. The SMILES string of the molecule is CN1CC(=O)N(CCn2cc(C(=O)O)nn2)C1=O. The van der Waals surface area contributed by atoms with Gasteiger partial charge >= 0.3 is 12.0 Å². The maximum Gasteiger partial charge on any atom is 0.358 e. The van der Waals surface area contributed by atoms with Gasteiger partial charge in [0.2, 0.25) is 5.91 Å². The maximum atomic E-state index is 11.5. The van der Waals surface area contributed by atoms with Crippen molar-refractivity contribution in [3.63, 3.8) is 0 Å². The van der Waals surface area contributed by atoms with E-state index in [0.29, 0.717) is 0 Å². The van der Waals surface area contributed by atoms with Crippen molar-refractivity contribution in [1.82, 2.24) is 24.8 Å². The van der Waals surface area contributed by atoms with Crippen LogP contribution >= 0.6 is 0 Å². The molecule has 1 saturated heterocycles. The highest BCUT2D eigenvalue weighted by atomic mass is 16.4. The summed E-state index contributed by atoms with van der Waals surface area (Å²) in [6, 6.07) is -0.362. The van der Waals surface area contributed by atoms with E-state index < -0.39 is 5.97 Å². The van der Waals surface area contributed by atoms with E-state index in [4.69, 9.17) is 5.11 Å². The van der Waals surface area contributed by atoms with E-state index in [1.54, 1.807) is 0 Å². The van der Waals surface area contributed by atoms with Crippen LogP contribution in [-0.2, 0) is 11.3 Å². The Kier molecular flexibility index (Phi) is 2.96. The average Bonchev–Trinajstić information content (AvgIpc) is 2.85. The van der Waals surface area contributed by atoms with Crippen LogP contribution in [0.2, 0.25) is 0 Å². The predicted molar refractivity (Wildman–Crippen MR) is 56.7 cm³/mol. The lowest BCUT2D eigenvalue weighted by Crippen LogP contribution is -2.34. The van der Waals surface area contributed by atoms with Gasteiger partial charge in [-0.3, -0.25) is 9.69 Å². The van der Waals surface area contributed by atoms with Crippen LogP contribution in [0.1, 0.15) is 10.5 Å². The van der Waals surface area contributed by atoms with Gasteiger partial charge in [0.25, 0.3) is 0 Å². The quantitative estimate of drug-likeness (QED) is 0.680. The highest BCUT2D eigenvalue weighted by molar-refractivity contribution is 6.01. The molecule has 1 aromatic rings. The Morgan fingerprint density at radius 3 is 2.67 bits per heavy atom. The number of hydrogen-bond acceptors (Lipinski definition) is 5. The summed E-state index contributed by atoms with van der Waals surface area (Å²) in [4.78, 5) is 36.0. The van der Waals surface area contributed by atoms with Gasteiger partial charge in [0.1, 0.15) is 6.54 Å². The summed E-state index contributed by atoms with van der Waals surface area (Å²) in [7, 11) is 1.54. The number of carbonyl (C=O) groups excluding carboxylic acids is 2. The standard InChI is InChI=1S/C9H11N5O4/c1-12-5-7(15)14(9(12)18)3-2-13-4-6(8(16)17)10-11-13/h4H,2-3,5H2,1H3,(H,16,17). The molecule has 1 aromatic heterocycles. The highest BCUT2D eigenvalue weighted by Crippen LogP contribution is 2.07. The second kappa shape index (κ2) is 4.43. The van der Waals surface area contributed by atoms with Crippen molar-refractivity contribution in [2.45, 2.75) is 6.54 Å². The minimum Gasteiger partial charge on any atom is -0.476 e. The third-order valence-electron chi connectivity index (χ3n) is 2.54. The van der Waals surface area contributed by atoms with E-state index in [1.807, 2.05) is 0 Å². The molecule has 0 bridgehead atoms. The monoisotopic (exact) mass is 253 g/mol. The summed E-state index contributed by atoms with van der Waals surface area (Å²) in [6.45, 7) is 0.423. The van der Waals surface area contributed by atoms with E-state index in [0.717, 1.165) is 4.90 Å². The smallest absolute Gasteiger partial charge is 0.358 e. The topological polar surface area (TPSA) is 109 Å². The van der Waals surface area contributed by atoms with Crippen molar-refractivity contribution in [2.75, 3.05) is 20.1 Å². The van der Waals surface area contributed by atoms with E-state index in [2.05, 4.69) is 10.3 Å². The molecule has 1 fully saturated rings. The zero-order valence-corrected chi connectivity index (χ0v) is 9.61. The fourth-order valence-electron chi connectivity index (χ4n) is 1.60. The molecule has 1 N–H and O–H groups in total. The summed E-state index contributed by atoms with van der Waals surface area (Å²) in [5.41, 5.74) is -0.175. The Morgan fingerprint density at radius 1 is 1.44 bits per heavy atom. The molecule has 0 atom stereocenters. The third-order valence-corrected chi connectivity index (χ3v) is 2.54. The number of imide groups is 1.